The molecule has 0 spiro atoms. The summed E-state index contributed by atoms with van der Waals surface area (Å²) in [5, 5.41) is 0.875. The summed E-state index contributed by atoms with van der Waals surface area (Å²) in [6, 6.07) is 20.9. The summed E-state index contributed by atoms with van der Waals surface area (Å²) in [4.78, 5) is 15.0. The maximum absolute atomic E-state index is 12.4. The van der Waals surface area contributed by atoms with Gasteiger partial charge in [-0.15, -0.1) is 23.5 Å². The van der Waals surface area contributed by atoms with Crippen molar-refractivity contribution < 1.29 is 4.79 Å². The number of ketones is 1. The number of carbonyl (C=O) groups excluding carboxylic acids is 1. The molecule has 1 aliphatic carbocycles. The number of hydrogen-bond donors (Lipinski definition) is 0. The average Bonchev–Trinajstić information content (AvgIpc) is 2.55. The van der Waals surface area contributed by atoms with Crippen LogP contribution in [0.1, 0.15) is 32.1 Å². The molecule has 0 aliphatic heterocycles. The van der Waals surface area contributed by atoms with Gasteiger partial charge in [0, 0.05) is 33.1 Å². The molecular weight excluding hydrogens is 320 g/mol. The zero-order valence-electron chi connectivity index (χ0n) is 13.2. The Morgan fingerprint density at radius 1 is 0.696 bits per heavy atom. The molecule has 23 heavy (non-hydrogen) atoms. The van der Waals surface area contributed by atoms with Gasteiger partial charge in [-0.2, -0.15) is 0 Å². The van der Waals surface area contributed by atoms with E-state index < -0.39 is 0 Å². The van der Waals surface area contributed by atoms with E-state index in [1.807, 2.05) is 35.7 Å². The lowest BCUT2D eigenvalue weighted by Crippen LogP contribution is -2.19. The molecule has 0 N–H and O–H groups in total. The van der Waals surface area contributed by atoms with Crippen LogP contribution in [0.15, 0.2) is 70.5 Å². The molecular formula is C20H22OS2. The van der Waals surface area contributed by atoms with Crippen LogP contribution in [0.3, 0.4) is 0 Å². The Balaban J connectivity index is 1.55. The summed E-state index contributed by atoms with van der Waals surface area (Å²) in [5.41, 5.74) is 0. The molecule has 2 aromatic carbocycles. The summed E-state index contributed by atoms with van der Waals surface area (Å²) < 4.78 is 0. The van der Waals surface area contributed by atoms with Gasteiger partial charge in [0.2, 0.25) is 0 Å². The molecule has 0 amide bonds. The first-order valence-electron chi connectivity index (χ1n) is 8.25. The van der Waals surface area contributed by atoms with Crippen molar-refractivity contribution in [1.82, 2.24) is 0 Å². The van der Waals surface area contributed by atoms with E-state index in [2.05, 4.69) is 48.5 Å². The second-order valence-corrected chi connectivity index (χ2v) is 8.73. The Kier molecular flexibility index (Phi) is 6.23. The van der Waals surface area contributed by atoms with Gasteiger partial charge < -0.3 is 0 Å². The van der Waals surface area contributed by atoms with Gasteiger partial charge in [0.15, 0.2) is 0 Å². The maximum atomic E-state index is 12.4. The zero-order chi connectivity index (χ0) is 15.9. The van der Waals surface area contributed by atoms with Crippen molar-refractivity contribution >= 4 is 29.3 Å². The van der Waals surface area contributed by atoms with Crippen molar-refractivity contribution in [1.29, 1.82) is 0 Å². The molecule has 3 rings (SSSR count). The number of rotatable bonds is 4. The third-order valence-corrected chi connectivity index (χ3v) is 6.61. The number of carbonyl (C=O) groups is 1. The number of thioether (sulfide) groups is 2. The van der Waals surface area contributed by atoms with Gasteiger partial charge in [-0.05, 0) is 37.1 Å². The maximum Gasteiger partial charge on any atom is 0.135 e. The van der Waals surface area contributed by atoms with Crippen LogP contribution in [0.4, 0.5) is 0 Å². The van der Waals surface area contributed by atoms with Gasteiger partial charge >= 0.3 is 0 Å². The molecule has 0 radical (unpaired) electrons. The van der Waals surface area contributed by atoms with Crippen molar-refractivity contribution in [2.24, 2.45) is 0 Å². The molecule has 1 aliphatic rings. The Bertz CT molecular complexity index is 559. The number of benzene rings is 2. The summed E-state index contributed by atoms with van der Waals surface area (Å²) >= 11 is 3.74. The largest absolute Gasteiger partial charge is 0.300 e. The smallest absolute Gasteiger partial charge is 0.135 e. The molecule has 2 aromatic rings. The molecule has 0 heterocycles. The van der Waals surface area contributed by atoms with Crippen LogP contribution in [0.5, 0.6) is 0 Å². The van der Waals surface area contributed by atoms with Crippen molar-refractivity contribution in [2.45, 2.75) is 52.4 Å². The lowest BCUT2D eigenvalue weighted by Gasteiger charge is -2.23. The van der Waals surface area contributed by atoms with Crippen LogP contribution in [0, 0.1) is 0 Å². The Morgan fingerprint density at radius 2 is 1.13 bits per heavy atom. The van der Waals surface area contributed by atoms with Gasteiger partial charge in [0.1, 0.15) is 5.78 Å². The first-order valence-corrected chi connectivity index (χ1v) is 10.0. The van der Waals surface area contributed by atoms with Crippen molar-refractivity contribution in [3.05, 3.63) is 60.7 Å². The highest BCUT2D eigenvalue weighted by atomic mass is 32.2. The van der Waals surface area contributed by atoms with Crippen molar-refractivity contribution in [3.8, 4) is 0 Å². The highest BCUT2D eigenvalue weighted by Crippen LogP contribution is 2.35. The van der Waals surface area contributed by atoms with E-state index in [0.717, 1.165) is 12.8 Å². The fourth-order valence-corrected chi connectivity index (χ4v) is 5.46. The van der Waals surface area contributed by atoms with Crippen LogP contribution in [0.2, 0.25) is 0 Å². The minimum Gasteiger partial charge on any atom is -0.300 e. The fourth-order valence-electron chi connectivity index (χ4n) is 2.95. The molecule has 120 valence electrons. The van der Waals surface area contributed by atoms with Gasteiger partial charge in [0.25, 0.3) is 0 Å². The van der Waals surface area contributed by atoms with E-state index >= 15 is 0 Å². The Morgan fingerprint density at radius 3 is 1.57 bits per heavy atom. The second kappa shape index (κ2) is 8.60. The van der Waals surface area contributed by atoms with Gasteiger partial charge in [-0.25, -0.2) is 0 Å². The van der Waals surface area contributed by atoms with Crippen LogP contribution in [0.25, 0.3) is 0 Å². The van der Waals surface area contributed by atoms with E-state index in [1.54, 1.807) is 0 Å². The molecule has 0 bridgehead atoms. The predicted octanol–water partition coefficient (Wildman–Crippen LogP) is 5.84. The molecule has 2 unspecified atom stereocenters. The van der Waals surface area contributed by atoms with E-state index in [-0.39, 0.29) is 0 Å². The Labute approximate surface area is 147 Å². The third-order valence-electron chi connectivity index (χ3n) is 4.05. The first kappa shape index (κ1) is 16.7. The van der Waals surface area contributed by atoms with Crippen LogP contribution < -0.4 is 0 Å². The minimum atomic E-state index is 0.423. The zero-order valence-corrected chi connectivity index (χ0v) is 14.8. The van der Waals surface area contributed by atoms with E-state index in [4.69, 9.17) is 0 Å². The molecule has 0 saturated heterocycles. The van der Waals surface area contributed by atoms with Crippen LogP contribution >= 0.6 is 23.5 Å². The summed E-state index contributed by atoms with van der Waals surface area (Å²) in [6.07, 6.45) is 4.91. The standard InChI is InChI=1S/C20H22OS2/c21-16-14-19(22-17-8-3-1-4-9-17)12-7-13-20(15-16)23-18-10-5-2-6-11-18/h1-6,8-11,19-20H,7,12-15H2. The summed E-state index contributed by atoms with van der Waals surface area (Å²) in [5.74, 6) is 0.423. The second-order valence-electron chi connectivity index (χ2n) is 5.98. The molecule has 0 aromatic heterocycles. The lowest BCUT2D eigenvalue weighted by atomic mass is 9.99. The van der Waals surface area contributed by atoms with E-state index in [9.17, 15) is 4.79 Å². The average molecular weight is 343 g/mol. The number of Topliss-reactive ketones (excluding diaryl/α,β-unsaturated/α-hetero) is 1. The van der Waals surface area contributed by atoms with Crippen LogP contribution in [-0.4, -0.2) is 16.3 Å². The monoisotopic (exact) mass is 342 g/mol. The summed E-state index contributed by atoms with van der Waals surface area (Å²) in [7, 11) is 0. The molecule has 2 atom stereocenters. The predicted molar refractivity (Wildman–Crippen MR) is 100 cm³/mol. The van der Waals surface area contributed by atoms with Crippen molar-refractivity contribution in [2.75, 3.05) is 0 Å². The topological polar surface area (TPSA) is 17.1 Å². The van der Waals surface area contributed by atoms with Crippen LogP contribution in [-0.2, 0) is 4.79 Å². The van der Waals surface area contributed by atoms with E-state index in [1.165, 1.54) is 16.2 Å². The van der Waals surface area contributed by atoms with Gasteiger partial charge in [0.05, 0.1) is 0 Å². The normalized spacial score (nSPS) is 22.3. The SMILES string of the molecule is O=C1CC(Sc2ccccc2)CCCC(Sc2ccccc2)C1. The lowest BCUT2D eigenvalue weighted by molar-refractivity contribution is -0.119. The molecule has 1 saturated carbocycles. The first-order chi connectivity index (χ1) is 11.3. The summed E-state index contributed by atoms with van der Waals surface area (Å²) in [6.45, 7) is 0. The molecule has 3 heteroatoms. The fraction of sp³-hybridized carbons (Fsp3) is 0.350. The Hall–Kier alpha value is -1.19. The molecule has 1 nitrogen and oxygen atoms in total. The quantitative estimate of drug-likeness (QED) is 0.694. The van der Waals surface area contributed by atoms with Gasteiger partial charge in [-0.1, -0.05) is 42.8 Å². The van der Waals surface area contributed by atoms with E-state index in [0.29, 0.717) is 29.1 Å². The third kappa shape index (κ3) is 5.43. The molecule has 1 fully saturated rings. The number of hydrogen-bond acceptors (Lipinski definition) is 3. The highest BCUT2D eigenvalue weighted by molar-refractivity contribution is 8.00. The van der Waals surface area contributed by atoms with Crippen molar-refractivity contribution in [3.63, 3.8) is 0 Å². The highest BCUT2D eigenvalue weighted by Gasteiger charge is 2.23. The minimum absolute atomic E-state index is 0.423. The van der Waals surface area contributed by atoms with Gasteiger partial charge in [-0.3, -0.25) is 4.79 Å².